The minimum atomic E-state index is -0.371. The van der Waals surface area contributed by atoms with Gasteiger partial charge in [-0.05, 0) is 78.6 Å². The lowest BCUT2D eigenvalue weighted by molar-refractivity contribution is -0.135. The summed E-state index contributed by atoms with van der Waals surface area (Å²) in [6.45, 7) is 7.62. The highest BCUT2D eigenvalue weighted by Crippen LogP contribution is 2.30. The average molecular weight is 534 g/mol. The number of aliphatic hydroxyl groups is 3. The molecule has 1 saturated heterocycles. The van der Waals surface area contributed by atoms with E-state index in [9.17, 15) is 24.6 Å². The van der Waals surface area contributed by atoms with E-state index in [4.69, 9.17) is 5.11 Å². The summed E-state index contributed by atoms with van der Waals surface area (Å²) in [7, 11) is 3.88. The van der Waals surface area contributed by atoms with Crippen molar-refractivity contribution in [1.29, 1.82) is 0 Å². The third-order valence-corrected chi connectivity index (χ3v) is 6.14. The Balaban J connectivity index is -0.000000534. The summed E-state index contributed by atoms with van der Waals surface area (Å²) in [5.41, 5.74) is -0.371. The van der Waals surface area contributed by atoms with E-state index in [0.717, 1.165) is 70.6 Å². The molecule has 0 radical (unpaired) electrons. The Labute approximate surface area is 226 Å². The summed E-state index contributed by atoms with van der Waals surface area (Å²) in [6, 6.07) is 0. The molecule has 0 aromatic rings. The summed E-state index contributed by atoms with van der Waals surface area (Å²) >= 11 is 0. The van der Waals surface area contributed by atoms with Gasteiger partial charge >= 0.3 is 0 Å². The number of piperidine rings is 1. The van der Waals surface area contributed by atoms with Crippen LogP contribution in [0.3, 0.4) is 0 Å². The summed E-state index contributed by atoms with van der Waals surface area (Å²) in [5.74, 6) is 0.217. The number of nitrogens with one attached hydrogen (secondary N) is 2. The molecule has 0 saturated carbocycles. The normalized spacial score (nSPS) is 13.6. The maximum absolute atomic E-state index is 12.0. The van der Waals surface area contributed by atoms with Crippen LogP contribution < -0.4 is 10.6 Å². The Morgan fingerprint density at radius 2 is 1.22 bits per heavy atom. The number of aldehydes is 2. The van der Waals surface area contributed by atoms with Crippen molar-refractivity contribution < 1.29 is 29.7 Å². The third-order valence-electron chi connectivity index (χ3n) is 6.14. The second-order valence-electron chi connectivity index (χ2n) is 9.12. The van der Waals surface area contributed by atoms with Crippen molar-refractivity contribution >= 4 is 18.5 Å². The second-order valence-corrected chi connectivity index (χ2v) is 9.12. The number of hydrogen-bond donors (Lipinski definition) is 5. The van der Waals surface area contributed by atoms with E-state index in [0.29, 0.717) is 38.8 Å². The number of carbonyl (C=O) groups excluding carboxylic acids is 3. The molecule has 1 aliphatic heterocycles. The number of nitrogens with zero attached hydrogens (tertiary/aromatic N) is 1. The first-order chi connectivity index (χ1) is 18.0. The van der Waals surface area contributed by atoms with Crippen LogP contribution in [0.25, 0.3) is 0 Å². The number of likely N-dealkylation sites (tertiary alicyclic amines) is 1. The zero-order valence-corrected chi connectivity index (χ0v) is 24.3. The van der Waals surface area contributed by atoms with E-state index in [1.54, 1.807) is 0 Å². The fourth-order valence-corrected chi connectivity index (χ4v) is 3.56. The van der Waals surface area contributed by atoms with Crippen molar-refractivity contribution in [3.05, 3.63) is 0 Å². The molecule has 0 bridgehead atoms. The van der Waals surface area contributed by atoms with E-state index in [2.05, 4.69) is 10.6 Å². The fourth-order valence-electron chi connectivity index (χ4n) is 3.56. The molecular formula is C28H59N3O6. The van der Waals surface area contributed by atoms with Crippen LogP contribution in [0.2, 0.25) is 0 Å². The molecular weight excluding hydrogens is 474 g/mol. The molecule has 9 heteroatoms. The molecule has 1 amide bonds. The number of unbranched alkanes of at least 4 members (excludes halogenated alkanes) is 7. The fraction of sp³-hybridized carbons (Fsp3) is 0.893. The third kappa shape index (κ3) is 26.0. The van der Waals surface area contributed by atoms with Gasteiger partial charge in [0.05, 0.1) is 13.2 Å². The number of hydrogen-bond acceptors (Lipinski definition) is 8. The first kappa shape index (κ1) is 40.1. The van der Waals surface area contributed by atoms with Crippen molar-refractivity contribution in [2.24, 2.45) is 5.41 Å². The highest BCUT2D eigenvalue weighted by atomic mass is 16.3. The standard InChI is InChI=1S/C14H28N2O3.C7H15NO.C5H10O2.C2H6/c1-15-8-4-2-3-5-13(19)16-9-6-14(11-17,12-18)7-10-16;1-8-6-4-2-3-5-7-9;6-4-2-1-3-5-7;1-2/h15,17-18H,2-12H2,1H3;7-8H,2-6H2,1H3;4,7H,1-3,5H2;1-2H3. The van der Waals surface area contributed by atoms with Crippen molar-refractivity contribution in [2.75, 3.05) is 60.1 Å². The molecule has 0 spiro atoms. The second kappa shape index (κ2) is 32.6. The van der Waals surface area contributed by atoms with Crippen LogP contribution in [-0.4, -0.2) is 98.8 Å². The predicted octanol–water partition coefficient (Wildman–Crippen LogP) is 2.70. The molecule has 0 aromatic carbocycles. The Bertz CT molecular complexity index is 481. The van der Waals surface area contributed by atoms with Crippen molar-refractivity contribution in [3.8, 4) is 0 Å². The molecule has 1 rings (SSSR count). The minimum absolute atomic E-state index is 0.00947. The van der Waals surface area contributed by atoms with Gasteiger partial charge in [0.2, 0.25) is 5.91 Å². The monoisotopic (exact) mass is 533 g/mol. The summed E-state index contributed by atoms with van der Waals surface area (Å²) in [4.78, 5) is 33.3. The Hall–Kier alpha value is -1.39. The van der Waals surface area contributed by atoms with Crippen LogP contribution >= 0.6 is 0 Å². The van der Waals surface area contributed by atoms with Gasteiger partial charge in [-0.2, -0.15) is 0 Å². The maximum atomic E-state index is 12.0. The van der Waals surface area contributed by atoms with Gasteiger partial charge in [-0.25, -0.2) is 0 Å². The number of rotatable bonds is 18. The van der Waals surface area contributed by atoms with E-state index >= 15 is 0 Å². The summed E-state index contributed by atoms with van der Waals surface area (Å²) < 4.78 is 0. The van der Waals surface area contributed by atoms with E-state index < -0.39 is 0 Å². The SMILES string of the molecule is CC.CNCCCCCC(=O)N1CCC(CO)(CO)CC1.CNCCCCCC=O.O=CCCCCO. The molecule has 1 heterocycles. The average Bonchev–Trinajstić information content (AvgIpc) is 2.95. The van der Waals surface area contributed by atoms with Gasteiger partial charge in [0.25, 0.3) is 0 Å². The van der Waals surface area contributed by atoms with Crippen molar-refractivity contribution in [3.63, 3.8) is 0 Å². The molecule has 1 fully saturated rings. The van der Waals surface area contributed by atoms with Gasteiger partial charge in [-0.1, -0.05) is 26.7 Å². The number of carbonyl (C=O) groups is 3. The lowest BCUT2D eigenvalue weighted by atomic mass is 9.80. The molecule has 1 aliphatic rings. The van der Waals surface area contributed by atoms with Gasteiger partial charge < -0.3 is 40.4 Å². The Morgan fingerprint density at radius 3 is 1.62 bits per heavy atom. The highest BCUT2D eigenvalue weighted by molar-refractivity contribution is 5.76. The van der Waals surface area contributed by atoms with E-state index in [-0.39, 0.29) is 31.1 Å². The zero-order chi connectivity index (χ0) is 28.6. The van der Waals surface area contributed by atoms with Crippen LogP contribution in [0.4, 0.5) is 0 Å². The van der Waals surface area contributed by atoms with Crippen LogP contribution in [0.1, 0.15) is 97.3 Å². The molecule has 0 aromatic heterocycles. The largest absolute Gasteiger partial charge is 0.396 e. The summed E-state index contributed by atoms with van der Waals surface area (Å²) in [6.07, 6.45) is 13.3. The zero-order valence-electron chi connectivity index (χ0n) is 24.3. The summed E-state index contributed by atoms with van der Waals surface area (Å²) in [5, 5.41) is 33.0. The van der Waals surface area contributed by atoms with Crippen LogP contribution in [0.5, 0.6) is 0 Å². The van der Waals surface area contributed by atoms with Crippen molar-refractivity contribution in [1.82, 2.24) is 15.5 Å². The number of amides is 1. The molecule has 37 heavy (non-hydrogen) atoms. The minimum Gasteiger partial charge on any atom is -0.396 e. The molecule has 9 nitrogen and oxygen atoms in total. The van der Waals surface area contributed by atoms with Gasteiger partial charge in [0, 0.05) is 44.4 Å². The molecule has 0 atom stereocenters. The predicted molar refractivity (Wildman–Crippen MR) is 152 cm³/mol. The van der Waals surface area contributed by atoms with Crippen LogP contribution in [0, 0.1) is 5.41 Å². The Morgan fingerprint density at radius 1 is 0.757 bits per heavy atom. The molecule has 5 N–H and O–H groups in total. The van der Waals surface area contributed by atoms with Crippen LogP contribution in [0.15, 0.2) is 0 Å². The number of aliphatic hydroxyl groups excluding tert-OH is 3. The Kier molecular flexibility index (Phi) is 35.4. The van der Waals surface area contributed by atoms with E-state index in [1.165, 1.54) is 12.8 Å². The van der Waals surface area contributed by atoms with Gasteiger partial charge in [0.15, 0.2) is 0 Å². The lowest BCUT2D eigenvalue weighted by Gasteiger charge is -2.39. The highest BCUT2D eigenvalue weighted by Gasteiger charge is 2.34. The van der Waals surface area contributed by atoms with Gasteiger partial charge in [0.1, 0.15) is 12.6 Å². The van der Waals surface area contributed by atoms with Crippen LogP contribution in [-0.2, 0) is 14.4 Å². The van der Waals surface area contributed by atoms with E-state index in [1.807, 2.05) is 32.8 Å². The molecule has 0 aliphatic carbocycles. The van der Waals surface area contributed by atoms with Crippen molar-refractivity contribution in [2.45, 2.75) is 97.3 Å². The van der Waals surface area contributed by atoms with Gasteiger partial charge in [-0.3, -0.25) is 4.79 Å². The topological polar surface area (TPSA) is 139 Å². The first-order valence-electron chi connectivity index (χ1n) is 14.3. The first-order valence-corrected chi connectivity index (χ1v) is 14.3. The molecule has 0 unspecified atom stereocenters. The maximum Gasteiger partial charge on any atom is 0.222 e. The van der Waals surface area contributed by atoms with Gasteiger partial charge in [-0.15, -0.1) is 0 Å². The lowest BCUT2D eigenvalue weighted by Crippen LogP contribution is -2.46. The smallest absolute Gasteiger partial charge is 0.222 e. The molecule has 222 valence electrons. The quantitative estimate of drug-likeness (QED) is 0.134.